The Balaban J connectivity index is 1.85. The maximum Gasteiger partial charge on any atom is 0.160 e. The van der Waals surface area contributed by atoms with Gasteiger partial charge in [-0.05, 0) is 30.5 Å². The summed E-state index contributed by atoms with van der Waals surface area (Å²) in [7, 11) is 1.53. The second-order valence-electron chi connectivity index (χ2n) is 5.04. The zero-order chi connectivity index (χ0) is 13.0. The second kappa shape index (κ2) is 5.59. The standard InChI is InChI=1S/C14H21NO3/c1-18-13-5-4-11(8-12(13)16)9-15-10-14(17)6-2-3-7-14/h4-5,8,15-17H,2-3,6-7,9-10H2,1H3. The van der Waals surface area contributed by atoms with Gasteiger partial charge in [0.15, 0.2) is 11.5 Å². The third kappa shape index (κ3) is 3.15. The number of aromatic hydroxyl groups is 1. The van der Waals surface area contributed by atoms with Crippen molar-refractivity contribution in [1.82, 2.24) is 5.32 Å². The van der Waals surface area contributed by atoms with E-state index >= 15 is 0 Å². The van der Waals surface area contributed by atoms with Crippen LogP contribution in [-0.2, 0) is 6.54 Å². The number of rotatable bonds is 5. The Morgan fingerprint density at radius 3 is 2.67 bits per heavy atom. The minimum absolute atomic E-state index is 0.149. The molecule has 0 unspecified atom stereocenters. The molecule has 100 valence electrons. The molecule has 1 aliphatic carbocycles. The Labute approximate surface area is 108 Å². The quantitative estimate of drug-likeness (QED) is 0.746. The fourth-order valence-corrected chi connectivity index (χ4v) is 2.49. The molecule has 0 aromatic heterocycles. The zero-order valence-corrected chi connectivity index (χ0v) is 10.8. The smallest absolute Gasteiger partial charge is 0.160 e. The van der Waals surface area contributed by atoms with Crippen LogP contribution in [0.4, 0.5) is 0 Å². The van der Waals surface area contributed by atoms with Gasteiger partial charge in [0.2, 0.25) is 0 Å². The van der Waals surface area contributed by atoms with Crippen LogP contribution in [0.15, 0.2) is 18.2 Å². The van der Waals surface area contributed by atoms with Gasteiger partial charge in [-0.2, -0.15) is 0 Å². The third-order valence-electron chi connectivity index (χ3n) is 3.56. The molecule has 0 amide bonds. The first-order valence-corrected chi connectivity index (χ1v) is 6.42. The lowest BCUT2D eigenvalue weighted by Crippen LogP contribution is -2.37. The molecule has 0 atom stereocenters. The molecule has 0 aliphatic heterocycles. The van der Waals surface area contributed by atoms with Gasteiger partial charge in [-0.25, -0.2) is 0 Å². The number of aliphatic hydroxyl groups is 1. The maximum absolute atomic E-state index is 10.2. The van der Waals surface area contributed by atoms with Crippen LogP contribution in [0.25, 0.3) is 0 Å². The number of nitrogens with one attached hydrogen (secondary N) is 1. The highest BCUT2D eigenvalue weighted by Gasteiger charge is 2.30. The summed E-state index contributed by atoms with van der Waals surface area (Å²) in [5.74, 6) is 0.629. The van der Waals surface area contributed by atoms with Gasteiger partial charge in [0.1, 0.15) is 0 Å². The molecular weight excluding hydrogens is 230 g/mol. The van der Waals surface area contributed by atoms with Crippen molar-refractivity contribution >= 4 is 0 Å². The Morgan fingerprint density at radius 2 is 2.06 bits per heavy atom. The van der Waals surface area contributed by atoms with Crippen molar-refractivity contribution in [3.63, 3.8) is 0 Å². The van der Waals surface area contributed by atoms with Crippen LogP contribution >= 0.6 is 0 Å². The number of hydrogen-bond donors (Lipinski definition) is 3. The van der Waals surface area contributed by atoms with Crippen molar-refractivity contribution in [2.75, 3.05) is 13.7 Å². The molecule has 4 nitrogen and oxygen atoms in total. The van der Waals surface area contributed by atoms with E-state index in [2.05, 4.69) is 5.32 Å². The van der Waals surface area contributed by atoms with E-state index in [1.165, 1.54) is 7.11 Å². The van der Waals surface area contributed by atoms with E-state index in [0.717, 1.165) is 31.2 Å². The molecule has 2 rings (SSSR count). The molecule has 4 heteroatoms. The normalized spacial score (nSPS) is 17.9. The SMILES string of the molecule is COc1ccc(CNCC2(O)CCCC2)cc1O. The summed E-state index contributed by atoms with van der Waals surface area (Å²) in [5.41, 5.74) is 0.448. The topological polar surface area (TPSA) is 61.7 Å². The average Bonchev–Trinajstić information content (AvgIpc) is 2.77. The molecule has 0 radical (unpaired) electrons. The molecule has 1 aliphatic rings. The summed E-state index contributed by atoms with van der Waals surface area (Å²) in [6.45, 7) is 1.25. The lowest BCUT2D eigenvalue weighted by Gasteiger charge is -2.22. The molecule has 0 spiro atoms. The van der Waals surface area contributed by atoms with Crippen molar-refractivity contribution in [3.05, 3.63) is 23.8 Å². The molecule has 18 heavy (non-hydrogen) atoms. The Hall–Kier alpha value is -1.26. The number of hydrogen-bond acceptors (Lipinski definition) is 4. The summed E-state index contributed by atoms with van der Waals surface area (Å²) in [4.78, 5) is 0. The van der Waals surface area contributed by atoms with Crippen molar-refractivity contribution in [3.8, 4) is 11.5 Å². The van der Waals surface area contributed by atoms with Crippen molar-refractivity contribution in [2.24, 2.45) is 0 Å². The zero-order valence-electron chi connectivity index (χ0n) is 10.8. The molecule has 3 N–H and O–H groups in total. The Kier molecular flexibility index (Phi) is 4.09. The molecule has 1 saturated carbocycles. The van der Waals surface area contributed by atoms with E-state index in [4.69, 9.17) is 4.74 Å². The Morgan fingerprint density at radius 1 is 1.33 bits per heavy atom. The van der Waals surface area contributed by atoms with Crippen LogP contribution in [0.3, 0.4) is 0 Å². The highest BCUT2D eigenvalue weighted by atomic mass is 16.5. The van der Waals surface area contributed by atoms with E-state index in [1.54, 1.807) is 12.1 Å². The molecule has 1 fully saturated rings. The predicted molar refractivity (Wildman–Crippen MR) is 69.8 cm³/mol. The first kappa shape index (κ1) is 13.2. The van der Waals surface area contributed by atoms with Crippen LogP contribution in [0, 0.1) is 0 Å². The highest BCUT2D eigenvalue weighted by molar-refractivity contribution is 5.41. The van der Waals surface area contributed by atoms with Gasteiger partial charge in [-0.3, -0.25) is 0 Å². The van der Waals surface area contributed by atoms with Gasteiger partial charge in [0.25, 0.3) is 0 Å². The van der Waals surface area contributed by atoms with Gasteiger partial charge in [-0.1, -0.05) is 18.9 Å². The second-order valence-corrected chi connectivity index (χ2v) is 5.04. The highest BCUT2D eigenvalue weighted by Crippen LogP contribution is 2.29. The fourth-order valence-electron chi connectivity index (χ4n) is 2.49. The van der Waals surface area contributed by atoms with Gasteiger partial charge >= 0.3 is 0 Å². The summed E-state index contributed by atoms with van der Waals surface area (Å²) in [5, 5.41) is 23.1. The largest absolute Gasteiger partial charge is 0.504 e. The average molecular weight is 251 g/mol. The minimum atomic E-state index is -0.533. The summed E-state index contributed by atoms with van der Waals surface area (Å²) in [6.07, 6.45) is 3.99. The third-order valence-corrected chi connectivity index (χ3v) is 3.56. The van der Waals surface area contributed by atoms with E-state index < -0.39 is 5.60 Å². The van der Waals surface area contributed by atoms with Crippen LogP contribution in [0.5, 0.6) is 11.5 Å². The first-order chi connectivity index (χ1) is 8.63. The van der Waals surface area contributed by atoms with Gasteiger partial charge < -0.3 is 20.3 Å². The summed E-state index contributed by atoms with van der Waals surface area (Å²) in [6, 6.07) is 5.34. The van der Waals surface area contributed by atoms with E-state index in [0.29, 0.717) is 18.8 Å². The van der Waals surface area contributed by atoms with Crippen LogP contribution in [0.2, 0.25) is 0 Å². The predicted octanol–water partition coefficient (Wildman–Crippen LogP) is 1.80. The maximum atomic E-state index is 10.2. The minimum Gasteiger partial charge on any atom is -0.504 e. The van der Waals surface area contributed by atoms with Gasteiger partial charge in [0, 0.05) is 13.1 Å². The van der Waals surface area contributed by atoms with Gasteiger partial charge in [-0.15, -0.1) is 0 Å². The van der Waals surface area contributed by atoms with E-state index in [1.807, 2.05) is 6.07 Å². The first-order valence-electron chi connectivity index (χ1n) is 6.42. The van der Waals surface area contributed by atoms with E-state index in [9.17, 15) is 10.2 Å². The van der Waals surface area contributed by atoms with Crippen LogP contribution in [-0.4, -0.2) is 29.5 Å². The molecule has 1 aromatic carbocycles. The van der Waals surface area contributed by atoms with Gasteiger partial charge in [0.05, 0.1) is 12.7 Å². The molecule has 1 aromatic rings. The number of benzene rings is 1. The van der Waals surface area contributed by atoms with Crippen molar-refractivity contribution in [2.45, 2.75) is 37.8 Å². The number of ether oxygens (including phenoxy) is 1. The molecule has 0 heterocycles. The Bertz CT molecular complexity index is 400. The number of methoxy groups -OCH3 is 1. The summed E-state index contributed by atoms with van der Waals surface area (Å²) >= 11 is 0. The molecule has 0 bridgehead atoms. The van der Waals surface area contributed by atoms with E-state index in [-0.39, 0.29) is 5.75 Å². The van der Waals surface area contributed by atoms with Crippen LogP contribution < -0.4 is 10.1 Å². The number of phenolic OH excluding ortho intramolecular Hbond substituents is 1. The summed E-state index contributed by atoms with van der Waals surface area (Å²) < 4.78 is 4.99. The van der Waals surface area contributed by atoms with Crippen molar-refractivity contribution < 1.29 is 14.9 Å². The van der Waals surface area contributed by atoms with Crippen molar-refractivity contribution in [1.29, 1.82) is 0 Å². The lowest BCUT2D eigenvalue weighted by molar-refractivity contribution is 0.0475. The monoisotopic (exact) mass is 251 g/mol. The number of phenols is 1. The molecular formula is C14H21NO3. The molecule has 0 saturated heterocycles. The van der Waals surface area contributed by atoms with Crippen LogP contribution in [0.1, 0.15) is 31.2 Å². The fraction of sp³-hybridized carbons (Fsp3) is 0.571. The lowest BCUT2D eigenvalue weighted by atomic mass is 10.0.